The maximum absolute atomic E-state index is 12.4. The lowest BCUT2D eigenvalue weighted by molar-refractivity contribution is -0.140. The van der Waals surface area contributed by atoms with Crippen molar-refractivity contribution >= 4 is 46.3 Å². The number of carbonyl (C=O) groups is 2. The van der Waals surface area contributed by atoms with Crippen LogP contribution in [0.25, 0.3) is 6.08 Å². The largest absolute Gasteiger partial charge is 0.469 e. The van der Waals surface area contributed by atoms with E-state index < -0.39 is 0 Å². The normalized spacial score (nSPS) is 16.2. The molecule has 0 radical (unpaired) electrons. The number of esters is 1. The average molecular weight is 350 g/mol. The molecule has 122 valence electrons. The first kappa shape index (κ1) is 17.6. The minimum atomic E-state index is -0.198. The highest BCUT2D eigenvalue weighted by Gasteiger charge is 2.31. The smallest absolute Gasteiger partial charge is 0.305 e. The first-order chi connectivity index (χ1) is 11.1. The fourth-order valence-corrected chi connectivity index (χ4v) is 3.43. The SMILES string of the molecule is COC(=O)CCCCCN1C(=O)/C(=C/c2ccncc2)SC1=S. The van der Waals surface area contributed by atoms with Gasteiger partial charge < -0.3 is 4.74 Å². The molecular formula is C16H18N2O3S2. The topological polar surface area (TPSA) is 59.5 Å². The van der Waals surface area contributed by atoms with Gasteiger partial charge in [-0.2, -0.15) is 0 Å². The fourth-order valence-electron chi connectivity index (χ4n) is 2.12. The van der Waals surface area contributed by atoms with E-state index in [0.29, 0.717) is 22.2 Å². The molecule has 0 saturated carbocycles. The van der Waals surface area contributed by atoms with Crippen LogP contribution < -0.4 is 0 Å². The van der Waals surface area contributed by atoms with Gasteiger partial charge in [-0.05, 0) is 36.6 Å². The van der Waals surface area contributed by atoms with Crippen molar-refractivity contribution in [2.75, 3.05) is 13.7 Å². The van der Waals surface area contributed by atoms with Gasteiger partial charge in [-0.3, -0.25) is 19.5 Å². The van der Waals surface area contributed by atoms with E-state index in [2.05, 4.69) is 9.72 Å². The number of thioether (sulfide) groups is 1. The predicted octanol–water partition coefficient (Wildman–Crippen LogP) is 3.02. The summed E-state index contributed by atoms with van der Waals surface area (Å²) in [6.07, 6.45) is 8.05. The van der Waals surface area contributed by atoms with Gasteiger partial charge in [-0.1, -0.05) is 30.4 Å². The summed E-state index contributed by atoms with van der Waals surface area (Å²) >= 11 is 6.61. The van der Waals surface area contributed by atoms with E-state index in [0.717, 1.165) is 24.8 Å². The lowest BCUT2D eigenvalue weighted by Gasteiger charge is -2.13. The lowest BCUT2D eigenvalue weighted by atomic mass is 10.2. The molecule has 2 heterocycles. The van der Waals surface area contributed by atoms with Crippen LogP contribution in [-0.4, -0.2) is 39.7 Å². The molecule has 2 rings (SSSR count). The number of pyridine rings is 1. The molecule has 0 aromatic carbocycles. The Kier molecular flexibility index (Phi) is 6.73. The summed E-state index contributed by atoms with van der Waals surface area (Å²) in [5.74, 6) is -0.249. The fraction of sp³-hybridized carbons (Fsp3) is 0.375. The van der Waals surface area contributed by atoms with Crippen LogP contribution >= 0.6 is 24.0 Å². The third kappa shape index (κ3) is 5.14. The van der Waals surface area contributed by atoms with Gasteiger partial charge in [0.05, 0.1) is 12.0 Å². The van der Waals surface area contributed by atoms with E-state index in [1.54, 1.807) is 17.3 Å². The van der Waals surface area contributed by atoms with Crippen LogP contribution in [0.4, 0.5) is 0 Å². The number of aromatic nitrogens is 1. The predicted molar refractivity (Wildman–Crippen MR) is 94.6 cm³/mol. The Labute approximate surface area is 145 Å². The Morgan fingerprint density at radius 2 is 2.09 bits per heavy atom. The molecular weight excluding hydrogens is 332 g/mol. The highest BCUT2D eigenvalue weighted by atomic mass is 32.2. The van der Waals surface area contributed by atoms with Gasteiger partial charge >= 0.3 is 5.97 Å². The van der Waals surface area contributed by atoms with Crippen molar-refractivity contribution in [2.24, 2.45) is 0 Å². The molecule has 0 spiro atoms. The Bertz CT molecular complexity index is 617. The van der Waals surface area contributed by atoms with Gasteiger partial charge in [0.2, 0.25) is 0 Å². The maximum atomic E-state index is 12.4. The molecule has 0 atom stereocenters. The van der Waals surface area contributed by atoms with Crippen LogP contribution in [0.5, 0.6) is 0 Å². The Morgan fingerprint density at radius 1 is 1.35 bits per heavy atom. The van der Waals surface area contributed by atoms with Gasteiger partial charge in [0.25, 0.3) is 5.91 Å². The van der Waals surface area contributed by atoms with Crippen molar-refractivity contribution in [3.05, 3.63) is 35.0 Å². The molecule has 7 heteroatoms. The zero-order valence-electron chi connectivity index (χ0n) is 12.9. The number of nitrogens with zero attached hydrogens (tertiary/aromatic N) is 2. The first-order valence-corrected chi connectivity index (χ1v) is 8.56. The van der Waals surface area contributed by atoms with Gasteiger partial charge in [-0.25, -0.2) is 0 Å². The minimum absolute atomic E-state index is 0.0511. The van der Waals surface area contributed by atoms with E-state index in [1.807, 2.05) is 18.2 Å². The third-order valence-electron chi connectivity index (χ3n) is 3.37. The van der Waals surface area contributed by atoms with Crippen molar-refractivity contribution in [1.29, 1.82) is 0 Å². The summed E-state index contributed by atoms with van der Waals surface area (Å²) in [6, 6.07) is 3.69. The average Bonchev–Trinajstić information content (AvgIpc) is 2.82. The highest BCUT2D eigenvalue weighted by Crippen LogP contribution is 2.32. The van der Waals surface area contributed by atoms with E-state index in [1.165, 1.54) is 18.9 Å². The van der Waals surface area contributed by atoms with Crippen molar-refractivity contribution in [2.45, 2.75) is 25.7 Å². The maximum Gasteiger partial charge on any atom is 0.305 e. The molecule has 1 aromatic heterocycles. The van der Waals surface area contributed by atoms with Crippen molar-refractivity contribution in [1.82, 2.24) is 9.88 Å². The van der Waals surface area contributed by atoms with Crippen LogP contribution in [-0.2, 0) is 14.3 Å². The van der Waals surface area contributed by atoms with E-state index >= 15 is 0 Å². The number of amides is 1. The Hall–Kier alpha value is -1.73. The molecule has 1 aliphatic rings. The second-order valence-corrected chi connectivity index (χ2v) is 6.68. The van der Waals surface area contributed by atoms with Gasteiger partial charge in [0, 0.05) is 25.4 Å². The van der Waals surface area contributed by atoms with Crippen molar-refractivity contribution in [3.8, 4) is 0 Å². The molecule has 5 nitrogen and oxygen atoms in total. The first-order valence-electron chi connectivity index (χ1n) is 7.34. The summed E-state index contributed by atoms with van der Waals surface area (Å²) in [6.45, 7) is 0.583. The molecule has 0 unspecified atom stereocenters. The number of ether oxygens (including phenoxy) is 1. The second kappa shape index (κ2) is 8.79. The van der Waals surface area contributed by atoms with Crippen LogP contribution in [0.1, 0.15) is 31.2 Å². The molecule has 1 amide bonds. The van der Waals surface area contributed by atoms with E-state index in [-0.39, 0.29) is 11.9 Å². The molecule has 0 aliphatic carbocycles. The van der Waals surface area contributed by atoms with Crippen LogP contribution in [0.3, 0.4) is 0 Å². The number of methoxy groups -OCH3 is 1. The zero-order valence-corrected chi connectivity index (χ0v) is 14.5. The summed E-state index contributed by atoms with van der Waals surface area (Å²) < 4.78 is 5.18. The summed E-state index contributed by atoms with van der Waals surface area (Å²) in [5.41, 5.74) is 0.929. The quantitative estimate of drug-likeness (QED) is 0.326. The molecule has 1 fully saturated rings. The molecule has 1 saturated heterocycles. The lowest BCUT2D eigenvalue weighted by Crippen LogP contribution is -2.29. The molecule has 0 N–H and O–H groups in total. The third-order valence-corrected chi connectivity index (χ3v) is 4.75. The minimum Gasteiger partial charge on any atom is -0.469 e. The van der Waals surface area contributed by atoms with Crippen molar-refractivity contribution < 1.29 is 14.3 Å². The monoisotopic (exact) mass is 350 g/mol. The number of hydrogen-bond acceptors (Lipinski definition) is 6. The van der Waals surface area contributed by atoms with Gasteiger partial charge in [-0.15, -0.1) is 0 Å². The molecule has 1 aliphatic heterocycles. The summed E-state index contributed by atoms with van der Waals surface area (Å²) in [5, 5.41) is 0. The zero-order chi connectivity index (χ0) is 16.7. The molecule has 1 aromatic rings. The van der Waals surface area contributed by atoms with Crippen LogP contribution in [0.15, 0.2) is 29.4 Å². The van der Waals surface area contributed by atoms with Crippen LogP contribution in [0.2, 0.25) is 0 Å². The highest BCUT2D eigenvalue weighted by molar-refractivity contribution is 8.26. The number of hydrogen-bond donors (Lipinski definition) is 0. The number of thiocarbonyl (C=S) groups is 1. The van der Waals surface area contributed by atoms with Crippen LogP contribution in [0, 0.1) is 0 Å². The summed E-state index contributed by atoms with van der Waals surface area (Å²) in [4.78, 5) is 29.6. The summed E-state index contributed by atoms with van der Waals surface area (Å²) in [7, 11) is 1.39. The van der Waals surface area contributed by atoms with E-state index in [4.69, 9.17) is 12.2 Å². The molecule has 0 bridgehead atoms. The van der Waals surface area contributed by atoms with E-state index in [9.17, 15) is 9.59 Å². The Morgan fingerprint density at radius 3 is 2.78 bits per heavy atom. The standard InChI is InChI=1S/C16H18N2O3S2/c1-21-14(19)5-3-2-4-10-18-15(20)13(23-16(18)22)11-12-6-8-17-9-7-12/h6-9,11H,2-5,10H2,1H3/b13-11-. The van der Waals surface area contributed by atoms with Gasteiger partial charge in [0.1, 0.15) is 4.32 Å². The number of unbranched alkanes of at least 4 members (excludes halogenated alkanes) is 2. The van der Waals surface area contributed by atoms with Gasteiger partial charge in [0.15, 0.2) is 0 Å². The number of carbonyl (C=O) groups excluding carboxylic acids is 2. The number of rotatable bonds is 7. The Balaban J connectivity index is 1.84. The molecule has 23 heavy (non-hydrogen) atoms. The second-order valence-electron chi connectivity index (χ2n) is 5.00. The van der Waals surface area contributed by atoms with Crippen molar-refractivity contribution in [3.63, 3.8) is 0 Å².